The SMILES string of the molecule is CN(C(=O)[C@H]1C[C@@H](n2cc(-c3cccc(F)c3)nn2)[C@H]2OC(c3ccccc3)OC[C@H]2O1)[C@@H]1CN(C(=O)OC(C)(C)C)C[C@H](N2C=C(c3cccc(F)c3)NN2)[C@H]1O. The van der Waals surface area contributed by atoms with E-state index in [2.05, 4.69) is 21.3 Å². The van der Waals surface area contributed by atoms with Gasteiger partial charge in [0, 0.05) is 49.4 Å². The van der Waals surface area contributed by atoms with Crippen LogP contribution < -0.4 is 11.0 Å². The van der Waals surface area contributed by atoms with Gasteiger partial charge >= 0.3 is 6.09 Å². The summed E-state index contributed by atoms with van der Waals surface area (Å²) in [6.45, 7) is 5.39. The summed E-state index contributed by atoms with van der Waals surface area (Å²) < 4.78 is 54.8. The molecule has 0 radical (unpaired) electrons. The van der Waals surface area contributed by atoms with E-state index >= 15 is 0 Å². The van der Waals surface area contributed by atoms with Crippen LogP contribution >= 0.6 is 0 Å². The molecule has 3 aromatic carbocycles. The molecule has 8 rings (SSSR count). The molecule has 8 atom stereocenters. The largest absolute Gasteiger partial charge is 0.444 e. The zero-order chi connectivity index (χ0) is 40.7. The van der Waals surface area contributed by atoms with Crippen LogP contribution in [0.15, 0.2) is 91.3 Å². The van der Waals surface area contributed by atoms with Crippen molar-refractivity contribution in [3.8, 4) is 11.3 Å². The van der Waals surface area contributed by atoms with Crippen molar-refractivity contribution in [1.82, 2.24) is 40.8 Å². The third-order valence-electron chi connectivity index (χ3n) is 10.7. The zero-order valence-electron chi connectivity index (χ0n) is 32.4. The molecule has 5 heterocycles. The molecule has 17 heteroatoms. The first-order valence-electron chi connectivity index (χ1n) is 19.2. The van der Waals surface area contributed by atoms with Crippen molar-refractivity contribution in [2.24, 2.45) is 0 Å². The number of rotatable bonds is 7. The summed E-state index contributed by atoms with van der Waals surface area (Å²) in [7, 11) is 1.57. The number of fused-ring (bicyclic) bond motifs is 1. The lowest BCUT2D eigenvalue weighted by molar-refractivity contribution is -0.298. The summed E-state index contributed by atoms with van der Waals surface area (Å²) in [5, 5.41) is 22.4. The number of aromatic nitrogens is 3. The Bertz CT molecular complexity index is 2150. The zero-order valence-corrected chi connectivity index (χ0v) is 32.4. The maximum absolute atomic E-state index is 14.6. The van der Waals surface area contributed by atoms with Gasteiger partial charge in [0.1, 0.15) is 41.2 Å². The molecule has 0 saturated carbocycles. The van der Waals surface area contributed by atoms with E-state index in [1.165, 1.54) is 34.1 Å². The molecule has 4 aliphatic heterocycles. The molecule has 58 heavy (non-hydrogen) atoms. The second kappa shape index (κ2) is 16.1. The third-order valence-corrected chi connectivity index (χ3v) is 10.7. The van der Waals surface area contributed by atoms with Gasteiger partial charge in [-0.1, -0.05) is 59.8 Å². The van der Waals surface area contributed by atoms with E-state index in [0.29, 0.717) is 22.5 Å². The molecule has 0 aliphatic carbocycles. The minimum Gasteiger partial charge on any atom is -0.444 e. The quantitative estimate of drug-likeness (QED) is 0.246. The number of carbonyl (C=O) groups is 2. The highest BCUT2D eigenvalue weighted by molar-refractivity contribution is 5.81. The number of benzene rings is 3. The molecule has 306 valence electrons. The number of aliphatic hydroxyl groups is 1. The van der Waals surface area contributed by atoms with Gasteiger partial charge in [-0.2, -0.15) is 0 Å². The van der Waals surface area contributed by atoms with Gasteiger partial charge < -0.3 is 39.3 Å². The highest BCUT2D eigenvalue weighted by Crippen LogP contribution is 2.40. The Hall–Kier alpha value is -5.46. The summed E-state index contributed by atoms with van der Waals surface area (Å²) in [5.74, 6) is -1.27. The smallest absolute Gasteiger partial charge is 0.410 e. The van der Waals surface area contributed by atoms with E-state index in [4.69, 9.17) is 18.9 Å². The molecule has 3 saturated heterocycles. The van der Waals surface area contributed by atoms with Gasteiger partial charge in [-0.15, -0.1) is 10.6 Å². The first-order chi connectivity index (χ1) is 27.8. The van der Waals surface area contributed by atoms with Gasteiger partial charge in [-0.25, -0.2) is 18.3 Å². The van der Waals surface area contributed by atoms with Gasteiger partial charge in [0.15, 0.2) is 6.29 Å². The van der Waals surface area contributed by atoms with Gasteiger partial charge in [0.25, 0.3) is 5.91 Å². The number of hydrogen-bond donors (Lipinski definition) is 3. The van der Waals surface area contributed by atoms with E-state index in [1.807, 2.05) is 30.3 Å². The number of ether oxygens (including phenoxy) is 4. The van der Waals surface area contributed by atoms with Gasteiger partial charge in [0.05, 0.1) is 42.7 Å². The molecular weight excluding hydrogens is 754 g/mol. The lowest BCUT2D eigenvalue weighted by Gasteiger charge is -2.49. The van der Waals surface area contributed by atoms with Crippen LogP contribution in [-0.2, 0) is 23.7 Å². The van der Waals surface area contributed by atoms with Crippen molar-refractivity contribution in [2.75, 3.05) is 26.7 Å². The first kappa shape index (κ1) is 39.4. The molecule has 2 amide bonds. The van der Waals surface area contributed by atoms with Gasteiger partial charge in [-0.3, -0.25) is 9.80 Å². The summed E-state index contributed by atoms with van der Waals surface area (Å²) in [4.78, 5) is 31.1. The van der Waals surface area contributed by atoms with Gasteiger partial charge in [0.2, 0.25) is 0 Å². The van der Waals surface area contributed by atoms with Crippen LogP contribution in [0.2, 0.25) is 0 Å². The Morgan fingerprint density at radius 3 is 2.40 bits per heavy atom. The Kier molecular flexibility index (Phi) is 10.9. The standard InChI is InChI=1S/C41H46F2N8O7/c1-41(2,3)58-40(54)49-21-32(36(52)33(22-49)51-20-30(45-47-51)26-13-9-15-28(43)17-26)48(4)38(53)34-18-31(50-19-29(44-46-50)25-12-8-14-27(42)16-25)37-35(56-34)23-55-39(57-37)24-10-6-5-7-11-24/h5-17,19-20,31-37,39,45,47,52H,18,21-23H2,1-4H3/t31-,32-,33+,34-,35-,36+,37-,39?/m1/s1. The molecule has 15 nitrogen and oxygen atoms in total. The average Bonchev–Trinajstić information content (AvgIpc) is 3.91. The van der Waals surface area contributed by atoms with E-state index in [-0.39, 0.29) is 26.1 Å². The molecule has 3 N–H and O–H groups in total. The minimum atomic E-state index is -1.19. The second-order valence-electron chi connectivity index (χ2n) is 15.9. The highest BCUT2D eigenvalue weighted by atomic mass is 19.1. The predicted molar refractivity (Wildman–Crippen MR) is 204 cm³/mol. The lowest BCUT2D eigenvalue weighted by atomic mass is 9.92. The molecule has 1 aromatic heterocycles. The van der Waals surface area contributed by atoms with E-state index in [1.54, 1.807) is 74.2 Å². The third kappa shape index (κ3) is 8.26. The van der Waals surface area contributed by atoms with E-state index in [9.17, 15) is 23.5 Å². The second-order valence-corrected chi connectivity index (χ2v) is 15.9. The average molecular weight is 801 g/mol. The number of halogens is 2. The molecule has 0 bridgehead atoms. The first-order valence-corrected chi connectivity index (χ1v) is 19.2. The fourth-order valence-corrected chi connectivity index (χ4v) is 7.82. The van der Waals surface area contributed by atoms with Crippen LogP contribution in [0.25, 0.3) is 17.0 Å². The van der Waals surface area contributed by atoms with Crippen LogP contribution in [0, 0.1) is 11.6 Å². The van der Waals surface area contributed by atoms with E-state index in [0.717, 1.165) is 5.56 Å². The number of nitrogens with one attached hydrogen (secondary N) is 2. The van der Waals surface area contributed by atoms with Crippen molar-refractivity contribution in [3.05, 3.63) is 114 Å². The number of hydrogen-bond acceptors (Lipinski definition) is 12. The Labute approximate surface area is 334 Å². The number of likely N-dealkylation sites (N-methyl/N-ethyl adjacent to an activating group) is 1. The molecular formula is C41H46F2N8O7. The van der Waals surface area contributed by atoms with Crippen molar-refractivity contribution < 1.29 is 42.4 Å². The fourth-order valence-electron chi connectivity index (χ4n) is 7.82. The van der Waals surface area contributed by atoms with Crippen LogP contribution in [-0.4, -0.2) is 116 Å². The van der Waals surface area contributed by atoms with Crippen molar-refractivity contribution in [1.29, 1.82) is 0 Å². The Morgan fingerprint density at radius 1 is 0.948 bits per heavy atom. The number of piperidine rings is 1. The van der Waals surface area contributed by atoms with Crippen LogP contribution in [0.3, 0.4) is 0 Å². The summed E-state index contributed by atoms with van der Waals surface area (Å²) in [5.41, 5.74) is 8.11. The maximum atomic E-state index is 14.6. The van der Waals surface area contributed by atoms with Crippen LogP contribution in [0.4, 0.5) is 13.6 Å². The molecule has 4 aromatic rings. The Balaban J connectivity index is 1.07. The number of hydrazine groups is 2. The topological polar surface area (TPSA) is 156 Å². The number of carbonyl (C=O) groups excluding carboxylic acids is 2. The molecule has 3 fully saturated rings. The number of aliphatic hydroxyl groups excluding tert-OH is 1. The summed E-state index contributed by atoms with van der Waals surface area (Å²) >= 11 is 0. The van der Waals surface area contributed by atoms with E-state index < -0.39 is 78.1 Å². The van der Waals surface area contributed by atoms with Crippen molar-refractivity contribution in [3.63, 3.8) is 0 Å². The summed E-state index contributed by atoms with van der Waals surface area (Å²) in [6, 6.07) is 19.3. The number of likely N-dealkylation sites (tertiary alicyclic amines) is 1. The maximum Gasteiger partial charge on any atom is 0.410 e. The monoisotopic (exact) mass is 800 g/mol. The Morgan fingerprint density at radius 2 is 1.67 bits per heavy atom. The normalized spacial score (nSPS) is 27.3. The molecule has 4 aliphatic rings. The number of amides is 2. The van der Waals surface area contributed by atoms with Crippen LogP contribution in [0.1, 0.15) is 50.7 Å². The van der Waals surface area contributed by atoms with Crippen LogP contribution in [0.5, 0.6) is 0 Å². The minimum absolute atomic E-state index is 0.0379. The molecule has 1 unspecified atom stereocenters. The predicted octanol–water partition coefficient (Wildman–Crippen LogP) is 4.17. The van der Waals surface area contributed by atoms with Gasteiger partial charge in [-0.05, 0) is 45.0 Å². The van der Waals surface area contributed by atoms with Crippen molar-refractivity contribution in [2.45, 2.75) is 81.6 Å². The lowest BCUT2D eigenvalue weighted by Crippen LogP contribution is -2.68. The van der Waals surface area contributed by atoms with Crippen molar-refractivity contribution >= 4 is 17.7 Å². The fraction of sp³-hybridized carbons (Fsp3) is 0.415. The summed E-state index contributed by atoms with van der Waals surface area (Å²) in [6.07, 6.45) is -1.38. The highest BCUT2D eigenvalue weighted by Gasteiger charge is 2.50. The molecule has 0 spiro atoms. The number of nitrogens with zero attached hydrogens (tertiary/aromatic N) is 6.